The van der Waals surface area contributed by atoms with Crippen LogP contribution in [0.5, 0.6) is 0 Å². The monoisotopic (exact) mass is 477 g/mol. The van der Waals surface area contributed by atoms with Crippen LogP contribution in [0.1, 0.15) is 38.4 Å². The number of nitrogens with one attached hydrogen (secondary N) is 2. The van der Waals surface area contributed by atoms with Crippen molar-refractivity contribution in [3.05, 3.63) is 24.2 Å². The van der Waals surface area contributed by atoms with E-state index in [-0.39, 0.29) is 35.8 Å². The first kappa shape index (κ1) is 22.8. The number of carbonyl (C=O) groups is 1. The van der Waals surface area contributed by atoms with Crippen molar-refractivity contribution in [1.82, 2.24) is 15.5 Å². The number of nitrogens with zero attached hydrogens (tertiary/aromatic N) is 2. The second kappa shape index (κ2) is 13.0. The fourth-order valence-electron chi connectivity index (χ4n) is 3.01. The zero-order valence-electron chi connectivity index (χ0n) is 15.6. The van der Waals surface area contributed by atoms with Crippen LogP contribution in [-0.4, -0.2) is 49.5 Å². The summed E-state index contributed by atoms with van der Waals surface area (Å²) in [5.41, 5.74) is 5.37. The number of hydrogen-bond donors (Lipinski definition) is 3. The van der Waals surface area contributed by atoms with E-state index in [0.29, 0.717) is 6.54 Å². The lowest BCUT2D eigenvalue weighted by atomic mass is 9.96. The maximum absolute atomic E-state index is 11.2. The quantitative estimate of drug-likeness (QED) is 0.219. The van der Waals surface area contributed by atoms with E-state index in [2.05, 4.69) is 27.4 Å². The molecular formula is C18H32IN5O2. The van der Waals surface area contributed by atoms with Gasteiger partial charge in [0.15, 0.2) is 5.96 Å². The SMILES string of the molecule is CCNC(=NCc1ccco1)NCCCCN1CCC(C(N)=O)CC1.I. The molecular weight excluding hydrogens is 445 g/mol. The number of rotatable bonds is 9. The first-order valence-electron chi connectivity index (χ1n) is 9.25. The highest BCUT2D eigenvalue weighted by molar-refractivity contribution is 14.0. The third-order valence-corrected chi connectivity index (χ3v) is 4.50. The lowest BCUT2D eigenvalue weighted by Gasteiger charge is -2.30. The lowest BCUT2D eigenvalue weighted by molar-refractivity contribution is -0.123. The molecule has 0 bridgehead atoms. The van der Waals surface area contributed by atoms with Crippen molar-refractivity contribution in [3.8, 4) is 0 Å². The Labute approximate surface area is 173 Å². The van der Waals surface area contributed by atoms with Crippen LogP contribution >= 0.6 is 24.0 Å². The first-order valence-corrected chi connectivity index (χ1v) is 9.25. The molecule has 7 nitrogen and oxygen atoms in total. The van der Waals surface area contributed by atoms with E-state index < -0.39 is 0 Å². The molecule has 1 amide bonds. The zero-order valence-corrected chi connectivity index (χ0v) is 17.9. The van der Waals surface area contributed by atoms with Crippen molar-refractivity contribution in [2.45, 2.75) is 39.2 Å². The van der Waals surface area contributed by atoms with Gasteiger partial charge in [0.2, 0.25) is 5.91 Å². The molecule has 0 aliphatic carbocycles. The summed E-state index contributed by atoms with van der Waals surface area (Å²) in [5, 5.41) is 6.60. The van der Waals surface area contributed by atoms with E-state index in [1.165, 1.54) is 0 Å². The van der Waals surface area contributed by atoms with E-state index in [1.54, 1.807) is 6.26 Å². The Bertz CT molecular complexity index is 528. The number of primary amides is 1. The fourth-order valence-corrected chi connectivity index (χ4v) is 3.01. The van der Waals surface area contributed by atoms with Gasteiger partial charge in [-0.3, -0.25) is 4.79 Å². The van der Waals surface area contributed by atoms with Crippen LogP contribution in [0.3, 0.4) is 0 Å². The molecule has 0 spiro atoms. The van der Waals surface area contributed by atoms with E-state index >= 15 is 0 Å². The largest absolute Gasteiger partial charge is 0.467 e. The van der Waals surface area contributed by atoms with Crippen LogP contribution in [0.15, 0.2) is 27.8 Å². The number of carbonyl (C=O) groups excluding carboxylic acids is 1. The minimum atomic E-state index is -0.145. The number of halogens is 1. The van der Waals surface area contributed by atoms with Crippen molar-refractivity contribution >= 4 is 35.8 Å². The standard InChI is InChI=1S/C18H31N5O2.HI/c1-2-20-18(22-14-16-6-5-13-25-16)21-9-3-4-10-23-11-7-15(8-12-23)17(19)24;/h5-6,13,15H,2-4,7-12,14H2,1H3,(H2,19,24)(H2,20,21,22);1H. The molecule has 1 aromatic rings. The molecule has 0 radical (unpaired) electrons. The van der Waals surface area contributed by atoms with E-state index in [9.17, 15) is 4.79 Å². The number of piperidine rings is 1. The predicted molar refractivity (Wildman–Crippen MR) is 115 cm³/mol. The topological polar surface area (TPSA) is 95.9 Å². The number of nitrogens with two attached hydrogens (primary N) is 1. The summed E-state index contributed by atoms with van der Waals surface area (Å²) in [7, 11) is 0. The van der Waals surface area contributed by atoms with Crippen LogP contribution in [0.25, 0.3) is 0 Å². The molecule has 148 valence electrons. The van der Waals surface area contributed by atoms with Gasteiger partial charge in [-0.15, -0.1) is 24.0 Å². The van der Waals surface area contributed by atoms with Gasteiger partial charge < -0.3 is 25.7 Å². The average Bonchev–Trinajstić information content (AvgIpc) is 3.13. The van der Waals surface area contributed by atoms with Crippen molar-refractivity contribution in [2.75, 3.05) is 32.7 Å². The predicted octanol–water partition coefficient (Wildman–Crippen LogP) is 1.93. The van der Waals surface area contributed by atoms with Crippen molar-refractivity contribution in [3.63, 3.8) is 0 Å². The lowest BCUT2D eigenvalue weighted by Crippen LogP contribution is -2.39. The summed E-state index contributed by atoms with van der Waals surface area (Å²) in [6.07, 6.45) is 5.68. The van der Waals surface area contributed by atoms with Gasteiger partial charge in [0.25, 0.3) is 0 Å². The Balaban J connectivity index is 0.00000338. The number of unbranched alkanes of at least 4 members (excludes halogenated alkanes) is 1. The van der Waals surface area contributed by atoms with E-state index in [4.69, 9.17) is 10.2 Å². The Morgan fingerprint density at radius 2 is 2.12 bits per heavy atom. The summed E-state index contributed by atoms with van der Waals surface area (Å²) >= 11 is 0. The Hall–Kier alpha value is -1.29. The van der Waals surface area contributed by atoms with Gasteiger partial charge in [0, 0.05) is 19.0 Å². The number of aliphatic imine (C=N–C) groups is 1. The number of furan rings is 1. The highest BCUT2D eigenvalue weighted by atomic mass is 127. The fraction of sp³-hybridized carbons (Fsp3) is 0.667. The van der Waals surface area contributed by atoms with Gasteiger partial charge >= 0.3 is 0 Å². The van der Waals surface area contributed by atoms with Crippen LogP contribution in [0.4, 0.5) is 0 Å². The number of hydrogen-bond acceptors (Lipinski definition) is 4. The molecule has 0 atom stereocenters. The molecule has 1 fully saturated rings. The van der Waals surface area contributed by atoms with Gasteiger partial charge in [-0.25, -0.2) is 4.99 Å². The molecule has 8 heteroatoms. The molecule has 2 heterocycles. The van der Waals surface area contributed by atoms with E-state index in [1.807, 2.05) is 12.1 Å². The highest BCUT2D eigenvalue weighted by Crippen LogP contribution is 2.16. The highest BCUT2D eigenvalue weighted by Gasteiger charge is 2.22. The molecule has 0 unspecified atom stereocenters. The van der Waals surface area contributed by atoms with Crippen molar-refractivity contribution in [2.24, 2.45) is 16.6 Å². The normalized spacial score (nSPS) is 16.1. The smallest absolute Gasteiger partial charge is 0.220 e. The van der Waals surface area contributed by atoms with Gasteiger partial charge in [0.1, 0.15) is 12.3 Å². The van der Waals surface area contributed by atoms with Crippen molar-refractivity contribution in [1.29, 1.82) is 0 Å². The molecule has 4 N–H and O–H groups in total. The summed E-state index contributed by atoms with van der Waals surface area (Å²) < 4.78 is 5.30. The second-order valence-corrected chi connectivity index (χ2v) is 6.43. The van der Waals surface area contributed by atoms with Gasteiger partial charge in [-0.05, 0) is 64.4 Å². The van der Waals surface area contributed by atoms with Crippen LogP contribution in [-0.2, 0) is 11.3 Å². The average molecular weight is 477 g/mol. The number of likely N-dealkylation sites (tertiary alicyclic amines) is 1. The maximum atomic E-state index is 11.2. The number of guanidine groups is 1. The molecule has 1 aromatic heterocycles. The van der Waals surface area contributed by atoms with Crippen LogP contribution < -0.4 is 16.4 Å². The first-order chi connectivity index (χ1) is 12.2. The molecule has 0 aromatic carbocycles. The maximum Gasteiger partial charge on any atom is 0.220 e. The summed E-state index contributed by atoms with van der Waals surface area (Å²) in [4.78, 5) is 18.1. The molecule has 1 aliphatic heterocycles. The van der Waals surface area contributed by atoms with Gasteiger partial charge in [-0.1, -0.05) is 0 Å². The van der Waals surface area contributed by atoms with Gasteiger partial charge in [0.05, 0.1) is 6.26 Å². The minimum Gasteiger partial charge on any atom is -0.467 e. The third kappa shape index (κ3) is 8.39. The van der Waals surface area contributed by atoms with Crippen LogP contribution in [0, 0.1) is 5.92 Å². The molecule has 1 aliphatic rings. The van der Waals surface area contributed by atoms with Crippen molar-refractivity contribution < 1.29 is 9.21 Å². The van der Waals surface area contributed by atoms with Crippen LogP contribution in [0.2, 0.25) is 0 Å². The summed E-state index contributed by atoms with van der Waals surface area (Å²) in [6, 6.07) is 3.80. The second-order valence-electron chi connectivity index (χ2n) is 6.43. The molecule has 2 rings (SSSR count). The number of amides is 1. The molecule has 26 heavy (non-hydrogen) atoms. The Morgan fingerprint density at radius 1 is 1.35 bits per heavy atom. The third-order valence-electron chi connectivity index (χ3n) is 4.50. The Morgan fingerprint density at radius 3 is 2.73 bits per heavy atom. The zero-order chi connectivity index (χ0) is 17.9. The van der Waals surface area contributed by atoms with E-state index in [0.717, 1.165) is 70.1 Å². The minimum absolute atomic E-state index is 0. The summed E-state index contributed by atoms with van der Waals surface area (Å²) in [5.74, 6) is 1.61. The van der Waals surface area contributed by atoms with Gasteiger partial charge in [-0.2, -0.15) is 0 Å². The molecule has 1 saturated heterocycles. The summed E-state index contributed by atoms with van der Waals surface area (Å²) in [6.45, 7) is 7.35. The Kier molecular flexibility index (Phi) is 11.3. The molecule has 0 saturated carbocycles.